The summed E-state index contributed by atoms with van der Waals surface area (Å²) >= 11 is 0. The lowest BCUT2D eigenvalue weighted by atomic mass is 9.99. The fourth-order valence-corrected chi connectivity index (χ4v) is 2.17. The Labute approximate surface area is 138 Å². The zero-order chi connectivity index (χ0) is 18.3. The molecule has 3 N–H and O–H groups in total. The van der Waals surface area contributed by atoms with Crippen LogP contribution < -0.4 is 10.6 Å². The third-order valence-electron chi connectivity index (χ3n) is 3.44. The first-order valence-corrected chi connectivity index (χ1v) is 7.60. The molecule has 0 bridgehead atoms. The quantitative estimate of drug-likeness (QED) is 0.662. The van der Waals surface area contributed by atoms with Crippen LogP contribution in [0.15, 0.2) is 24.3 Å². The second-order valence-corrected chi connectivity index (χ2v) is 5.28. The molecule has 2 atom stereocenters. The van der Waals surface area contributed by atoms with Gasteiger partial charge in [0.15, 0.2) is 0 Å². The van der Waals surface area contributed by atoms with E-state index in [0.717, 1.165) is 12.1 Å². The molecule has 2 unspecified atom stereocenters. The number of halogens is 3. The molecule has 24 heavy (non-hydrogen) atoms. The average molecular weight is 346 g/mol. The molecule has 0 heterocycles. The first-order valence-electron chi connectivity index (χ1n) is 7.60. The highest BCUT2D eigenvalue weighted by Gasteiger charge is 2.30. The monoisotopic (exact) mass is 346 g/mol. The third kappa shape index (κ3) is 5.84. The van der Waals surface area contributed by atoms with Crippen molar-refractivity contribution >= 4 is 11.8 Å². The number of aliphatic hydroxyl groups excluding tert-OH is 1. The van der Waals surface area contributed by atoms with Gasteiger partial charge < -0.3 is 15.7 Å². The van der Waals surface area contributed by atoms with Crippen LogP contribution in [-0.2, 0) is 15.8 Å². The van der Waals surface area contributed by atoms with Crippen LogP contribution in [0.3, 0.4) is 0 Å². The molecule has 0 aliphatic carbocycles. The van der Waals surface area contributed by atoms with Gasteiger partial charge in [-0.1, -0.05) is 19.1 Å². The Morgan fingerprint density at radius 2 is 1.71 bits per heavy atom. The van der Waals surface area contributed by atoms with Crippen LogP contribution in [0.25, 0.3) is 0 Å². The molecule has 0 saturated carbocycles. The number of amides is 2. The van der Waals surface area contributed by atoms with Crippen molar-refractivity contribution in [2.45, 2.75) is 45.0 Å². The number of rotatable bonds is 7. The van der Waals surface area contributed by atoms with Gasteiger partial charge in [-0.15, -0.1) is 0 Å². The molecule has 8 heteroatoms. The molecule has 1 rings (SSSR count). The highest BCUT2D eigenvalue weighted by Crippen LogP contribution is 2.30. The van der Waals surface area contributed by atoms with Gasteiger partial charge in [-0.05, 0) is 31.0 Å². The smallest absolute Gasteiger partial charge is 0.386 e. The number of carbonyl (C=O) groups excluding carboxylic acids is 2. The van der Waals surface area contributed by atoms with Gasteiger partial charge in [-0.2, -0.15) is 13.2 Å². The molecule has 0 aliphatic rings. The fourth-order valence-electron chi connectivity index (χ4n) is 2.17. The van der Waals surface area contributed by atoms with Crippen molar-refractivity contribution in [1.82, 2.24) is 10.6 Å². The summed E-state index contributed by atoms with van der Waals surface area (Å²) in [4.78, 5) is 23.1. The van der Waals surface area contributed by atoms with E-state index in [0.29, 0.717) is 13.0 Å². The summed E-state index contributed by atoms with van der Waals surface area (Å²) in [5.41, 5.74) is -0.556. The maximum Gasteiger partial charge on any atom is 0.416 e. The minimum atomic E-state index is -4.45. The molecule has 0 aromatic heterocycles. The number of nitrogens with one attached hydrogen (secondary N) is 2. The fraction of sp³-hybridized carbons (Fsp3) is 0.500. The van der Waals surface area contributed by atoms with Crippen LogP contribution in [0.1, 0.15) is 43.9 Å². The number of hydrogen-bond donors (Lipinski definition) is 3. The molecule has 2 amide bonds. The topological polar surface area (TPSA) is 78.4 Å². The molecule has 0 radical (unpaired) electrons. The van der Waals surface area contributed by atoms with Crippen molar-refractivity contribution in [3.05, 3.63) is 35.4 Å². The van der Waals surface area contributed by atoms with E-state index < -0.39 is 35.7 Å². The maximum atomic E-state index is 12.5. The number of aliphatic hydroxyl groups is 1. The van der Waals surface area contributed by atoms with E-state index in [1.54, 1.807) is 13.8 Å². The molecule has 0 aliphatic heterocycles. The lowest BCUT2D eigenvalue weighted by molar-refractivity contribution is -0.137. The third-order valence-corrected chi connectivity index (χ3v) is 3.44. The Kier molecular flexibility index (Phi) is 7.21. The lowest BCUT2D eigenvalue weighted by Gasteiger charge is -2.23. The minimum absolute atomic E-state index is 0.258. The van der Waals surface area contributed by atoms with Crippen LogP contribution in [0.4, 0.5) is 13.2 Å². The van der Waals surface area contributed by atoms with E-state index in [4.69, 9.17) is 0 Å². The SMILES string of the molecule is CCNC(=O)CC(=O)NC(CC)C(O)c1ccc(C(F)(F)F)cc1. The van der Waals surface area contributed by atoms with Crippen LogP contribution >= 0.6 is 0 Å². The summed E-state index contributed by atoms with van der Waals surface area (Å²) in [5.74, 6) is -0.993. The molecular formula is C16H21F3N2O3. The van der Waals surface area contributed by atoms with Gasteiger partial charge in [0.2, 0.25) is 11.8 Å². The van der Waals surface area contributed by atoms with Crippen molar-refractivity contribution in [3.8, 4) is 0 Å². The Bertz CT molecular complexity index is 559. The van der Waals surface area contributed by atoms with E-state index in [9.17, 15) is 27.9 Å². The number of carbonyl (C=O) groups is 2. The highest BCUT2D eigenvalue weighted by molar-refractivity contribution is 5.96. The second-order valence-electron chi connectivity index (χ2n) is 5.28. The lowest BCUT2D eigenvalue weighted by Crippen LogP contribution is -2.41. The number of hydrogen-bond acceptors (Lipinski definition) is 3. The first-order chi connectivity index (χ1) is 11.2. The van der Waals surface area contributed by atoms with Gasteiger partial charge in [0.05, 0.1) is 17.7 Å². The van der Waals surface area contributed by atoms with Gasteiger partial charge in [0.1, 0.15) is 6.42 Å². The van der Waals surface area contributed by atoms with E-state index >= 15 is 0 Å². The minimum Gasteiger partial charge on any atom is -0.386 e. The van der Waals surface area contributed by atoms with E-state index in [-0.39, 0.29) is 12.0 Å². The Hall–Kier alpha value is -2.09. The normalized spacial score (nSPS) is 13.9. The molecule has 1 aromatic carbocycles. The predicted octanol–water partition coefficient (Wildman–Crippen LogP) is 2.16. The van der Waals surface area contributed by atoms with Gasteiger partial charge in [0.25, 0.3) is 0 Å². The number of benzene rings is 1. The zero-order valence-electron chi connectivity index (χ0n) is 13.5. The van der Waals surface area contributed by atoms with Crippen molar-refractivity contribution in [1.29, 1.82) is 0 Å². The van der Waals surface area contributed by atoms with Crippen LogP contribution in [0.2, 0.25) is 0 Å². The van der Waals surface area contributed by atoms with Crippen LogP contribution in [-0.4, -0.2) is 29.5 Å². The van der Waals surface area contributed by atoms with Gasteiger partial charge in [0, 0.05) is 6.54 Å². The Balaban J connectivity index is 2.74. The van der Waals surface area contributed by atoms with E-state index in [1.807, 2.05) is 0 Å². The standard InChI is InChI=1S/C16H21F3N2O3/c1-3-12(21-14(23)9-13(22)20-4-2)15(24)10-5-7-11(8-6-10)16(17,18)19/h5-8,12,15,24H,3-4,9H2,1-2H3,(H,20,22)(H,21,23). The summed E-state index contributed by atoms with van der Waals surface area (Å²) in [5, 5.41) is 15.3. The number of alkyl halides is 3. The Morgan fingerprint density at radius 3 is 2.17 bits per heavy atom. The molecular weight excluding hydrogens is 325 g/mol. The Morgan fingerprint density at radius 1 is 1.12 bits per heavy atom. The first kappa shape index (κ1) is 20.0. The average Bonchev–Trinajstić information content (AvgIpc) is 2.51. The van der Waals surface area contributed by atoms with Gasteiger partial charge >= 0.3 is 6.18 Å². The summed E-state index contributed by atoms with van der Waals surface area (Å²) in [6.07, 6.45) is -5.64. The van der Waals surface area contributed by atoms with Crippen LogP contribution in [0, 0.1) is 0 Å². The van der Waals surface area contributed by atoms with Crippen molar-refractivity contribution in [2.75, 3.05) is 6.54 Å². The summed E-state index contributed by atoms with van der Waals surface area (Å²) in [7, 11) is 0. The van der Waals surface area contributed by atoms with Gasteiger partial charge in [-0.3, -0.25) is 9.59 Å². The molecule has 1 aromatic rings. The van der Waals surface area contributed by atoms with Crippen molar-refractivity contribution < 1.29 is 27.9 Å². The maximum absolute atomic E-state index is 12.5. The largest absolute Gasteiger partial charge is 0.416 e. The van der Waals surface area contributed by atoms with E-state index in [1.165, 1.54) is 12.1 Å². The molecule has 134 valence electrons. The molecule has 0 fully saturated rings. The van der Waals surface area contributed by atoms with Crippen molar-refractivity contribution in [2.24, 2.45) is 0 Å². The van der Waals surface area contributed by atoms with E-state index in [2.05, 4.69) is 10.6 Å². The summed E-state index contributed by atoms with van der Waals surface area (Å²) in [6.45, 7) is 3.83. The van der Waals surface area contributed by atoms with Crippen molar-refractivity contribution in [3.63, 3.8) is 0 Å². The molecule has 5 nitrogen and oxygen atoms in total. The van der Waals surface area contributed by atoms with Crippen LogP contribution in [0.5, 0.6) is 0 Å². The molecule has 0 saturated heterocycles. The zero-order valence-corrected chi connectivity index (χ0v) is 13.5. The van der Waals surface area contributed by atoms with Gasteiger partial charge in [-0.25, -0.2) is 0 Å². The molecule has 0 spiro atoms. The summed E-state index contributed by atoms with van der Waals surface area (Å²) < 4.78 is 37.6. The predicted molar refractivity (Wildman–Crippen MR) is 81.9 cm³/mol. The summed E-state index contributed by atoms with van der Waals surface area (Å²) in [6, 6.07) is 3.39. The highest BCUT2D eigenvalue weighted by atomic mass is 19.4. The second kappa shape index (κ2) is 8.68.